The Balaban J connectivity index is 1.79. The van der Waals surface area contributed by atoms with Crippen LogP contribution in [0.15, 0.2) is 45.9 Å². The van der Waals surface area contributed by atoms with Gasteiger partial charge < -0.3 is 5.32 Å². The van der Waals surface area contributed by atoms with Crippen molar-refractivity contribution in [1.82, 2.24) is 4.98 Å². The molecule has 23 heavy (non-hydrogen) atoms. The first-order valence-electron chi connectivity index (χ1n) is 7.51. The van der Waals surface area contributed by atoms with Crippen LogP contribution in [0.5, 0.6) is 0 Å². The number of halogens is 2. The molecule has 0 bridgehead atoms. The first kappa shape index (κ1) is 16.8. The number of thioether (sulfide) groups is 1. The molecule has 0 unspecified atom stereocenters. The van der Waals surface area contributed by atoms with Crippen molar-refractivity contribution in [2.45, 2.75) is 35.8 Å². The number of nitrogens with one attached hydrogen (secondary N) is 1. The lowest BCUT2D eigenvalue weighted by molar-refractivity contribution is 0.102. The topological polar surface area (TPSA) is 42.0 Å². The number of amides is 1. The Hall–Kier alpha value is -1.04. The van der Waals surface area contributed by atoms with Crippen molar-refractivity contribution in [3.05, 3.63) is 51.7 Å². The van der Waals surface area contributed by atoms with E-state index >= 15 is 0 Å². The molecule has 6 heteroatoms. The number of benzene rings is 1. The lowest BCUT2D eigenvalue weighted by Crippen LogP contribution is -2.14. The fourth-order valence-electron chi connectivity index (χ4n) is 2.63. The van der Waals surface area contributed by atoms with E-state index in [0.29, 0.717) is 10.8 Å². The molecule has 1 saturated carbocycles. The Bertz CT molecular complexity index is 719. The molecule has 1 amide bonds. The first-order chi connectivity index (χ1) is 11.1. The van der Waals surface area contributed by atoms with E-state index in [4.69, 9.17) is 11.6 Å². The van der Waals surface area contributed by atoms with Crippen LogP contribution >= 0.6 is 39.3 Å². The van der Waals surface area contributed by atoms with Gasteiger partial charge in [0.1, 0.15) is 5.15 Å². The summed E-state index contributed by atoms with van der Waals surface area (Å²) in [5.74, 6) is -0.247. The number of pyridine rings is 1. The summed E-state index contributed by atoms with van der Waals surface area (Å²) in [5.41, 5.74) is 1.19. The molecule has 3 nitrogen and oxygen atoms in total. The quantitative estimate of drug-likeness (QED) is 0.648. The van der Waals surface area contributed by atoms with Crippen LogP contribution in [0.3, 0.4) is 0 Å². The van der Waals surface area contributed by atoms with Crippen molar-refractivity contribution in [2.75, 3.05) is 5.32 Å². The standard InChI is InChI=1S/C17H16BrClN2OS/c18-11-9-13(16(19)20-10-11)17(22)21-14-7-3-4-8-15(14)23-12-5-1-2-6-12/h3-4,7-10,12H,1-2,5-6H2,(H,21,22). The largest absolute Gasteiger partial charge is 0.321 e. The molecule has 3 rings (SSSR count). The molecule has 0 spiro atoms. The minimum absolute atomic E-state index is 0.201. The third-order valence-electron chi connectivity index (χ3n) is 3.78. The lowest BCUT2D eigenvalue weighted by Gasteiger charge is -2.14. The van der Waals surface area contributed by atoms with Crippen molar-refractivity contribution in [3.8, 4) is 0 Å². The summed E-state index contributed by atoms with van der Waals surface area (Å²) in [6, 6.07) is 9.58. The van der Waals surface area contributed by atoms with Gasteiger partial charge in [0, 0.05) is 20.8 Å². The Morgan fingerprint density at radius 1 is 1.30 bits per heavy atom. The highest BCUT2D eigenvalue weighted by Crippen LogP contribution is 2.38. The van der Waals surface area contributed by atoms with Gasteiger partial charge in [0.25, 0.3) is 5.91 Å². The number of hydrogen-bond donors (Lipinski definition) is 1. The molecule has 1 aliphatic carbocycles. The molecule has 0 saturated heterocycles. The summed E-state index contributed by atoms with van der Waals surface area (Å²) in [4.78, 5) is 17.6. The Morgan fingerprint density at radius 3 is 2.83 bits per heavy atom. The van der Waals surface area contributed by atoms with Crippen molar-refractivity contribution >= 4 is 50.9 Å². The van der Waals surface area contributed by atoms with Crippen LogP contribution in [0.1, 0.15) is 36.0 Å². The molecule has 0 atom stereocenters. The number of anilines is 1. The second kappa shape index (κ2) is 7.69. The maximum atomic E-state index is 12.5. The van der Waals surface area contributed by atoms with Gasteiger partial charge in [-0.2, -0.15) is 0 Å². The number of rotatable bonds is 4. The van der Waals surface area contributed by atoms with Crippen LogP contribution in [0.25, 0.3) is 0 Å². The molecular formula is C17H16BrClN2OS. The molecule has 120 valence electrons. The zero-order chi connectivity index (χ0) is 16.2. The van der Waals surface area contributed by atoms with E-state index in [2.05, 4.69) is 32.3 Å². The van der Waals surface area contributed by atoms with Crippen LogP contribution < -0.4 is 5.32 Å². The zero-order valence-electron chi connectivity index (χ0n) is 12.4. The van der Waals surface area contributed by atoms with E-state index in [1.54, 1.807) is 12.3 Å². The lowest BCUT2D eigenvalue weighted by atomic mass is 10.2. The summed E-state index contributed by atoms with van der Waals surface area (Å²) >= 11 is 11.2. The predicted octanol–water partition coefficient (Wildman–Crippen LogP) is 5.78. The van der Waals surface area contributed by atoms with Gasteiger partial charge >= 0.3 is 0 Å². The summed E-state index contributed by atoms with van der Waals surface area (Å²) in [6.07, 6.45) is 6.66. The Labute approximate surface area is 153 Å². The number of carbonyl (C=O) groups excluding carboxylic acids is 1. The molecule has 1 aliphatic rings. The van der Waals surface area contributed by atoms with Gasteiger partial charge in [-0.15, -0.1) is 11.8 Å². The minimum Gasteiger partial charge on any atom is -0.321 e. The summed E-state index contributed by atoms with van der Waals surface area (Å²) < 4.78 is 0.723. The Kier molecular flexibility index (Phi) is 5.62. The summed E-state index contributed by atoms with van der Waals surface area (Å²) in [6.45, 7) is 0. The zero-order valence-corrected chi connectivity index (χ0v) is 15.5. The molecule has 2 aromatic rings. The number of hydrogen-bond acceptors (Lipinski definition) is 3. The van der Waals surface area contributed by atoms with Gasteiger partial charge in [0.15, 0.2) is 0 Å². The van der Waals surface area contributed by atoms with Crippen molar-refractivity contribution in [3.63, 3.8) is 0 Å². The number of nitrogens with zero attached hydrogens (tertiary/aromatic N) is 1. The fourth-order valence-corrected chi connectivity index (χ4v) is 4.48. The molecule has 0 radical (unpaired) electrons. The Morgan fingerprint density at radius 2 is 2.04 bits per heavy atom. The maximum Gasteiger partial charge on any atom is 0.258 e. The molecule has 1 heterocycles. The second-order valence-electron chi connectivity index (χ2n) is 5.47. The maximum absolute atomic E-state index is 12.5. The van der Waals surface area contributed by atoms with Gasteiger partial charge in [0.2, 0.25) is 0 Å². The average molecular weight is 412 g/mol. The molecule has 0 aliphatic heterocycles. The van der Waals surface area contributed by atoms with Gasteiger partial charge in [-0.1, -0.05) is 36.6 Å². The van der Waals surface area contributed by atoms with E-state index in [1.165, 1.54) is 25.7 Å². The number of para-hydroxylation sites is 1. The molecular weight excluding hydrogens is 396 g/mol. The molecule has 1 aromatic carbocycles. The van der Waals surface area contributed by atoms with Crippen LogP contribution in [-0.2, 0) is 0 Å². The first-order valence-corrected chi connectivity index (χ1v) is 9.56. The highest BCUT2D eigenvalue weighted by molar-refractivity contribution is 9.10. The van der Waals surface area contributed by atoms with Crippen LogP contribution in [0.2, 0.25) is 5.15 Å². The molecule has 1 N–H and O–H groups in total. The average Bonchev–Trinajstić information content (AvgIpc) is 3.04. The number of carbonyl (C=O) groups is 1. The molecule has 1 fully saturated rings. The fraction of sp³-hybridized carbons (Fsp3) is 0.294. The van der Waals surface area contributed by atoms with E-state index in [1.807, 2.05) is 30.0 Å². The minimum atomic E-state index is -0.247. The predicted molar refractivity (Wildman–Crippen MR) is 99.5 cm³/mol. The summed E-state index contributed by atoms with van der Waals surface area (Å²) in [5, 5.41) is 3.81. The normalized spacial score (nSPS) is 14.9. The highest BCUT2D eigenvalue weighted by Gasteiger charge is 2.19. The smallest absolute Gasteiger partial charge is 0.258 e. The second-order valence-corrected chi connectivity index (χ2v) is 8.08. The van der Waals surface area contributed by atoms with E-state index in [9.17, 15) is 4.79 Å². The third-order valence-corrected chi connectivity index (χ3v) is 5.93. The number of aromatic nitrogens is 1. The SMILES string of the molecule is O=C(Nc1ccccc1SC1CCCC1)c1cc(Br)cnc1Cl. The van der Waals surface area contributed by atoms with Crippen molar-refractivity contribution < 1.29 is 4.79 Å². The van der Waals surface area contributed by atoms with Crippen molar-refractivity contribution in [2.24, 2.45) is 0 Å². The van der Waals surface area contributed by atoms with Crippen LogP contribution in [0, 0.1) is 0 Å². The van der Waals surface area contributed by atoms with Gasteiger partial charge in [-0.3, -0.25) is 4.79 Å². The van der Waals surface area contributed by atoms with Crippen LogP contribution in [-0.4, -0.2) is 16.1 Å². The van der Waals surface area contributed by atoms with Gasteiger partial charge in [0.05, 0.1) is 11.3 Å². The van der Waals surface area contributed by atoms with E-state index < -0.39 is 0 Å². The highest BCUT2D eigenvalue weighted by atomic mass is 79.9. The summed E-state index contributed by atoms with van der Waals surface area (Å²) in [7, 11) is 0. The third kappa shape index (κ3) is 4.28. The van der Waals surface area contributed by atoms with Gasteiger partial charge in [-0.25, -0.2) is 4.98 Å². The van der Waals surface area contributed by atoms with Crippen molar-refractivity contribution in [1.29, 1.82) is 0 Å². The monoisotopic (exact) mass is 410 g/mol. The van der Waals surface area contributed by atoms with Crippen LogP contribution in [0.4, 0.5) is 5.69 Å². The van der Waals surface area contributed by atoms with E-state index in [0.717, 1.165) is 15.1 Å². The van der Waals surface area contributed by atoms with E-state index in [-0.39, 0.29) is 11.1 Å². The van der Waals surface area contributed by atoms with Gasteiger partial charge in [-0.05, 0) is 47.0 Å². The molecule has 1 aromatic heterocycles.